The number of rotatable bonds is 4. The van der Waals surface area contributed by atoms with Crippen molar-refractivity contribution < 1.29 is 0 Å². The molecule has 0 heterocycles. The van der Waals surface area contributed by atoms with Crippen molar-refractivity contribution in [2.24, 2.45) is 17.6 Å². The summed E-state index contributed by atoms with van der Waals surface area (Å²) in [6, 6.07) is 0.338. The average molecular weight is 193 g/mol. The average Bonchev–Trinajstić information content (AvgIpc) is 2.17. The van der Waals surface area contributed by atoms with Crippen LogP contribution in [0.3, 0.4) is 0 Å². The first-order valence-corrected chi connectivity index (χ1v) is 5.74. The molecular formula is C13H23N. The van der Waals surface area contributed by atoms with Crippen LogP contribution in [0.4, 0.5) is 0 Å². The molecule has 1 aliphatic rings. The van der Waals surface area contributed by atoms with Crippen molar-refractivity contribution in [3.8, 4) is 0 Å². The van der Waals surface area contributed by atoms with E-state index in [1.54, 1.807) is 0 Å². The highest BCUT2D eigenvalue weighted by atomic mass is 14.6. The fraction of sp³-hybridized carbons (Fsp3) is 0.692. The standard InChI is InChI=1S/C13H23N/c1-4-10(2)9-13(14)12-7-5-6-11(3)8-12/h5-6,8,10,12-13H,4,7,9,14H2,1-3H3. The van der Waals surface area contributed by atoms with Crippen LogP contribution in [-0.2, 0) is 0 Å². The zero-order chi connectivity index (χ0) is 10.6. The Bertz CT molecular complexity index is 227. The summed E-state index contributed by atoms with van der Waals surface area (Å²) in [5, 5.41) is 0. The Balaban J connectivity index is 2.45. The van der Waals surface area contributed by atoms with Crippen molar-refractivity contribution in [1.82, 2.24) is 0 Å². The Morgan fingerprint density at radius 3 is 2.86 bits per heavy atom. The molecule has 0 fully saturated rings. The molecule has 0 saturated heterocycles. The van der Waals surface area contributed by atoms with E-state index in [2.05, 4.69) is 39.0 Å². The van der Waals surface area contributed by atoms with E-state index < -0.39 is 0 Å². The van der Waals surface area contributed by atoms with Gasteiger partial charge in [-0.15, -0.1) is 0 Å². The summed E-state index contributed by atoms with van der Waals surface area (Å²) in [5.74, 6) is 1.32. The molecule has 0 bridgehead atoms. The van der Waals surface area contributed by atoms with Gasteiger partial charge in [-0.1, -0.05) is 44.1 Å². The number of hydrogen-bond donors (Lipinski definition) is 1. The van der Waals surface area contributed by atoms with Crippen molar-refractivity contribution in [2.45, 2.75) is 46.1 Å². The lowest BCUT2D eigenvalue weighted by atomic mass is 9.85. The van der Waals surface area contributed by atoms with Gasteiger partial charge in [-0.25, -0.2) is 0 Å². The van der Waals surface area contributed by atoms with Gasteiger partial charge in [0.25, 0.3) is 0 Å². The zero-order valence-corrected chi connectivity index (χ0v) is 9.66. The monoisotopic (exact) mass is 193 g/mol. The summed E-state index contributed by atoms with van der Waals surface area (Å²) in [7, 11) is 0. The molecule has 0 radical (unpaired) electrons. The quantitative estimate of drug-likeness (QED) is 0.728. The molecule has 1 heteroatoms. The van der Waals surface area contributed by atoms with E-state index in [-0.39, 0.29) is 0 Å². The maximum Gasteiger partial charge on any atom is 0.0108 e. The van der Waals surface area contributed by atoms with E-state index in [0.29, 0.717) is 12.0 Å². The molecule has 1 aliphatic carbocycles. The van der Waals surface area contributed by atoms with Gasteiger partial charge in [0, 0.05) is 6.04 Å². The second kappa shape index (κ2) is 5.35. The summed E-state index contributed by atoms with van der Waals surface area (Å²) < 4.78 is 0. The van der Waals surface area contributed by atoms with Gasteiger partial charge in [0.1, 0.15) is 0 Å². The van der Waals surface area contributed by atoms with Gasteiger partial charge in [0.15, 0.2) is 0 Å². The lowest BCUT2D eigenvalue weighted by molar-refractivity contribution is 0.388. The molecule has 2 N–H and O–H groups in total. The van der Waals surface area contributed by atoms with Gasteiger partial charge in [-0.2, -0.15) is 0 Å². The molecular weight excluding hydrogens is 170 g/mol. The summed E-state index contributed by atoms with van der Waals surface area (Å²) in [4.78, 5) is 0. The lowest BCUT2D eigenvalue weighted by Crippen LogP contribution is -2.31. The van der Waals surface area contributed by atoms with Gasteiger partial charge in [-0.3, -0.25) is 0 Å². The van der Waals surface area contributed by atoms with E-state index in [1.807, 2.05) is 0 Å². The third-order valence-corrected chi connectivity index (χ3v) is 3.19. The van der Waals surface area contributed by atoms with Crippen molar-refractivity contribution in [3.63, 3.8) is 0 Å². The van der Waals surface area contributed by atoms with Crippen LogP contribution >= 0.6 is 0 Å². The smallest absolute Gasteiger partial charge is 0.0108 e. The van der Waals surface area contributed by atoms with Gasteiger partial charge >= 0.3 is 0 Å². The van der Waals surface area contributed by atoms with Gasteiger partial charge in [0.05, 0.1) is 0 Å². The van der Waals surface area contributed by atoms with E-state index in [9.17, 15) is 0 Å². The number of allylic oxidation sites excluding steroid dienone is 3. The van der Waals surface area contributed by atoms with Crippen LogP contribution in [0, 0.1) is 11.8 Å². The number of nitrogens with two attached hydrogens (primary N) is 1. The summed E-state index contributed by atoms with van der Waals surface area (Å²) in [5.41, 5.74) is 7.57. The first-order valence-electron chi connectivity index (χ1n) is 5.74. The van der Waals surface area contributed by atoms with Gasteiger partial charge in [-0.05, 0) is 31.6 Å². The minimum absolute atomic E-state index is 0.338. The Labute approximate surface area is 88.1 Å². The molecule has 0 aromatic heterocycles. The molecule has 80 valence electrons. The highest BCUT2D eigenvalue weighted by Gasteiger charge is 2.17. The Kier molecular flexibility index (Phi) is 4.40. The summed E-state index contributed by atoms with van der Waals surface area (Å²) >= 11 is 0. The minimum Gasteiger partial charge on any atom is -0.327 e. The second-order valence-corrected chi connectivity index (χ2v) is 4.63. The predicted octanol–water partition coefficient (Wildman–Crippen LogP) is 3.27. The molecule has 0 amide bonds. The third-order valence-electron chi connectivity index (χ3n) is 3.19. The fourth-order valence-electron chi connectivity index (χ4n) is 1.98. The topological polar surface area (TPSA) is 26.0 Å². The molecule has 0 aromatic carbocycles. The molecule has 0 aromatic rings. The largest absolute Gasteiger partial charge is 0.327 e. The fourth-order valence-corrected chi connectivity index (χ4v) is 1.98. The highest BCUT2D eigenvalue weighted by molar-refractivity contribution is 5.22. The van der Waals surface area contributed by atoms with Crippen LogP contribution in [0.15, 0.2) is 23.8 Å². The van der Waals surface area contributed by atoms with Crippen LogP contribution in [-0.4, -0.2) is 6.04 Å². The second-order valence-electron chi connectivity index (χ2n) is 4.63. The summed E-state index contributed by atoms with van der Waals surface area (Å²) in [6.45, 7) is 6.67. The van der Waals surface area contributed by atoms with Crippen molar-refractivity contribution in [1.29, 1.82) is 0 Å². The number of hydrogen-bond acceptors (Lipinski definition) is 1. The van der Waals surface area contributed by atoms with Crippen LogP contribution in [0.1, 0.15) is 40.0 Å². The SMILES string of the molecule is CCC(C)CC(N)C1C=C(C)C=CC1. The first-order chi connectivity index (χ1) is 6.63. The van der Waals surface area contributed by atoms with Crippen molar-refractivity contribution >= 4 is 0 Å². The lowest BCUT2D eigenvalue weighted by Gasteiger charge is -2.24. The molecule has 1 rings (SSSR count). The Morgan fingerprint density at radius 2 is 2.29 bits per heavy atom. The Morgan fingerprint density at radius 1 is 1.57 bits per heavy atom. The van der Waals surface area contributed by atoms with Crippen LogP contribution in [0.5, 0.6) is 0 Å². The van der Waals surface area contributed by atoms with E-state index in [0.717, 1.165) is 18.8 Å². The molecule has 0 saturated carbocycles. The van der Waals surface area contributed by atoms with E-state index in [1.165, 1.54) is 12.0 Å². The van der Waals surface area contributed by atoms with Crippen LogP contribution < -0.4 is 5.73 Å². The zero-order valence-electron chi connectivity index (χ0n) is 9.66. The maximum atomic E-state index is 6.21. The maximum absolute atomic E-state index is 6.21. The first kappa shape index (κ1) is 11.5. The highest BCUT2D eigenvalue weighted by Crippen LogP contribution is 2.23. The minimum atomic E-state index is 0.338. The summed E-state index contributed by atoms with van der Waals surface area (Å²) in [6.07, 6.45) is 10.3. The van der Waals surface area contributed by atoms with Crippen LogP contribution in [0.2, 0.25) is 0 Å². The molecule has 1 nitrogen and oxygen atoms in total. The normalized spacial score (nSPS) is 25.7. The van der Waals surface area contributed by atoms with Crippen molar-refractivity contribution in [2.75, 3.05) is 0 Å². The third kappa shape index (κ3) is 3.30. The molecule has 14 heavy (non-hydrogen) atoms. The molecule has 3 atom stereocenters. The molecule has 0 aliphatic heterocycles. The Hall–Kier alpha value is -0.560. The van der Waals surface area contributed by atoms with Crippen molar-refractivity contribution in [3.05, 3.63) is 23.8 Å². The molecule has 0 spiro atoms. The van der Waals surface area contributed by atoms with Gasteiger partial charge in [0.2, 0.25) is 0 Å². The van der Waals surface area contributed by atoms with Crippen LogP contribution in [0.25, 0.3) is 0 Å². The van der Waals surface area contributed by atoms with E-state index >= 15 is 0 Å². The molecule has 3 unspecified atom stereocenters. The van der Waals surface area contributed by atoms with E-state index in [4.69, 9.17) is 5.73 Å². The predicted molar refractivity (Wildman–Crippen MR) is 63.1 cm³/mol. The van der Waals surface area contributed by atoms with Gasteiger partial charge < -0.3 is 5.73 Å².